The van der Waals surface area contributed by atoms with Crippen molar-refractivity contribution in [2.45, 2.75) is 37.4 Å². The first-order valence-electron chi connectivity index (χ1n) is 9.19. The number of thioether (sulfide) groups is 1. The molecule has 0 bridgehead atoms. The molecule has 1 heterocycles. The van der Waals surface area contributed by atoms with Gasteiger partial charge in [-0.3, -0.25) is 4.79 Å². The molecule has 0 aliphatic rings. The molecule has 6 nitrogen and oxygen atoms in total. The summed E-state index contributed by atoms with van der Waals surface area (Å²) in [6.45, 7) is 4.63. The molecule has 2 aromatic carbocycles. The maximum atomic E-state index is 12.4. The molecule has 1 unspecified atom stereocenters. The van der Waals surface area contributed by atoms with Crippen molar-refractivity contribution >= 4 is 29.3 Å². The first-order valence-corrected chi connectivity index (χ1v) is 10.5. The zero-order valence-electron chi connectivity index (χ0n) is 16.6. The summed E-state index contributed by atoms with van der Waals surface area (Å²) >= 11 is 7.46. The smallest absolute Gasteiger partial charge is 0.233 e. The lowest BCUT2D eigenvalue weighted by Gasteiger charge is -2.12. The fraction of sp³-hybridized carbons (Fsp3) is 0.286. The number of rotatable bonds is 8. The normalized spacial score (nSPS) is 11.9. The Bertz CT molecular complexity index is 975. The van der Waals surface area contributed by atoms with E-state index in [1.807, 2.05) is 61.9 Å². The van der Waals surface area contributed by atoms with Crippen LogP contribution in [0.4, 0.5) is 0 Å². The number of hydrogen-bond donors (Lipinski definition) is 1. The Balaban J connectivity index is 1.53. The summed E-state index contributed by atoms with van der Waals surface area (Å²) in [6.07, 6.45) is 0. The molecule has 152 valence electrons. The van der Waals surface area contributed by atoms with E-state index in [1.165, 1.54) is 17.3 Å². The molecule has 1 atom stereocenters. The maximum Gasteiger partial charge on any atom is 0.233 e. The number of aryl methyl sites for hydroxylation is 1. The van der Waals surface area contributed by atoms with Crippen LogP contribution in [0.25, 0.3) is 0 Å². The summed E-state index contributed by atoms with van der Waals surface area (Å²) in [5.74, 6) is 1.20. The van der Waals surface area contributed by atoms with E-state index in [4.69, 9.17) is 16.3 Å². The number of aromatic nitrogens is 3. The second kappa shape index (κ2) is 9.80. The molecule has 0 aliphatic heterocycles. The number of amides is 1. The highest BCUT2D eigenvalue weighted by Gasteiger charge is 2.19. The summed E-state index contributed by atoms with van der Waals surface area (Å²) in [6, 6.07) is 15.4. The number of ether oxygens (including phenoxy) is 1. The van der Waals surface area contributed by atoms with Gasteiger partial charge in [0.25, 0.3) is 0 Å². The minimum atomic E-state index is -0.305. The van der Waals surface area contributed by atoms with Gasteiger partial charge in [-0.15, -0.1) is 10.2 Å². The Morgan fingerprint density at radius 1 is 1.21 bits per heavy atom. The molecule has 29 heavy (non-hydrogen) atoms. The monoisotopic (exact) mass is 430 g/mol. The highest BCUT2D eigenvalue weighted by Crippen LogP contribution is 2.25. The number of nitrogens with one attached hydrogen (secondary N) is 1. The lowest BCUT2D eigenvalue weighted by molar-refractivity contribution is -0.120. The Kier molecular flexibility index (Phi) is 7.17. The van der Waals surface area contributed by atoms with Gasteiger partial charge < -0.3 is 14.6 Å². The highest BCUT2D eigenvalue weighted by atomic mass is 35.5. The quantitative estimate of drug-likeness (QED) is 0.543. The maximum absolute atomic E-state index is 12.4. The molecule has 3 rings (SSSR count). The molecule has 3 aromatic rings. The Labute approximate surface area is 179 Å². The van der Waals surface area contributed by atoms with E-state index in [2.05, 4.69) is 15.5 Å². The van der Waals surface area contributed by atoms with E-state index in [0.717, 1.165) is 5.56 Å². The van der Waals surface area contributed by atoms with Crippen LogP contribution in [0.3, 0.4) is 0 Å². The van der Waals surface area contributed by atoms with E-state index in [-0.39, 0.29) is 17.8 Å². The van der Waals surface area contributed by atoms with Gasteiger partial charge in [0.15, 0.2) is 11.0 Å². The fourth-order valence-electron chi connectivity index (χ4n) is 2.53. The van der Waals surface area contributed by atoms with Crippen LogP contribution in [0.2, 0.25) is 5.02 Å². The van der Waals surface area contributed by atoms with Gasteiger partial charge in [0.2, 0.25) is 5.91 Å². The van der Waals surface area contributed by atoms with E-state index in [9.17, 15) is 4.79 Å². The van der Waals surface area contributed by atoms with Crippen molar-refractivity contribution in [3.8, 4) is 5.75 Å². The van der Waals surface area contributed by atoms with Crippen molar-refractivity contribution in [2.75, 3.05) is 0 Å². The van der Waals surface area contributed by atoms with Gasteiger partial charge in [-0.25, -0.2) is 0 Å². The minimum Gasteiger partial charge on any atom is -0.484 e. The van der Waals surface area contributed by atoms with Gasteiger partial charge in [-0.1, -0.05) is 65.3 Å². The number of benzene rings is 2. The summed E-state index contributed by atoms with van der Waals surface area (Å²) in [7, 11) is 1.85. The van der Waals surface area contributed by atoms with Gasteiger partial charge in [0.1, 0.15) is 12.4 Å². The molecular formula is C21H23ClN4O2S. The molecular weight excluding hydrogens is 408 g/mol. The molecule has 0 saturated heterocycles. The number of nitrogens with zero attached hydrogens (tertiary/aromatic N) is 3. The predicted molar refractivity (Wildman–Crippen MR) is 115 cm³/mol. The second-order valence-corrected chi connectivity index (χ2v) is 8.36. The molecule has 8 heteroatoms. The van der Waals surface area contributed by atoms with Gasteiger partial charge in [0, 0.05) is 13.6 Å². The largest absolute Gasteiger partial charge is 0.484 e. The van der Waals surface area contributed by atoms with Crippen molar-refractivity contribution < 1.29 is 9.53 Å². The van der Waals surface area contributed by atoms with Gasteiger partial charge in [0.05, 0.1) is 10.3 Å². The molecule has 0 aliphatic carbocycles. The van der Waals surface area contributed by atoms with Crippen molar-refractivity contribution in [3.05, 3.63) is 70.5 Å². The van der Waals surface area contributed by atoms with Crippen LogP contribution in [0.15, 0.2) is 53.7 Å². The number of hydrogen-bond acceptors (Lipinski definition) is 5. The SMILES string of the molecule is Cc1ccc(CNC(=O)C(C)Sc2nnc(COc3ccccc3Cl)n2C)cc1. The van der Waals surface area contributed by atoms with Crippen LogP contribution in [0.1, 0.15) is 23.9 Å². The zero-order chi connectivity index (χ0) is 20.8. The lowest BCUT2D eigenvalue weighted by Crippen LogP contribution is -2.30. The minimum absolute atomic E-state index is 0.0487. The predicted octanol–water partition coefficient (Wildman–Crippen LogP) is 4.15. The van der Waals surface area contributed by atoms with Crippen LogP contribution < -0.4 is 10.1 Å². The Hall–Kier alpha value is -2.51. The van der Waals surface area contributed by atoms with Crippen molar-refractivity contribution in [1.82, 2.24) is 20.1 Å². The standard InChI is InChI=1S/C21H23ClN4O2S/c1-14-8-10-16(11-9-14)12-23-20(27)15(2)29-21-25-24-19(26(21)3)13-28-18-7-5-4-6-17(18)22/h4-11,15H,12-13H2,1-3H3,(H,23,27). The van der Waals surface area contributed by atoms with E-state index in [0.29, 0.717) is 28.3 Å². The molecule has 0 radical (unpaired) electrons. The third-order valence-electron chi connectivity index (χ3n) is 4.36. The molecule has 0 saturated carbocycles. The third kappa shape index (κ3) is 5.74. The fourth-order valence-corrected chi connectivity index (χ4v) is 3.58. The molecule has 1 amide bonds. The number of carbonyl (C=O) groups is 1. The second-order valence-electron chi connectivity index (χ2n) is 6.64. The van der Waals surface area contributed by atoms with Crippen LogP contribution >= 0.6 is 23.4 Å². The average molecular weight is 431 g/mol. The molecule has 1 aromatic heterocycles. The van der Waals surface area contributed by atoms with Gasteiger partial charge in [-0.05, 0) is 31.5 Å². The number of halogens is 1. The Morgan fingerprint density at radius 3 is 2.66 bits per heavy atom. The highest BCUT2D eigenvalue weighted by molar-refractivity contribution is 8.00. The lowest BCUT2D eigenvalue weighted by atomic mass is 10.1. The van der Waals surface area contributed by atoms with Crippen molar-refractivity contribution in [1.29, 1.82) is 0 Å². The first kappa shape index (κ1) is 21.2. The topological polar surface area (TPSA) is 69.0 Å². The van der Waals surface area contributed by atoms with Crippen LogP contribution in [-0.4, -0.2) is 25.9 Å². The van der Waals surface area contributed by atoms with Crippen LogP contribution in [0, 0.1) is 6.92 Å². The molecule has 0 spiro atoms. The summed E-state index contributed by atoms with van der Waals surface area (Å²) in [5, 5.41) is 12.2. The Morgan fingerprint density at radius 2 is 1.93 bits per heavy atom. The zero-order valence-corrected chi connectivity index (χ0v) is 18.1. The van der Waals surface area contributed by atoms with Gasteiger partial charge >= 0.3 is 0 Å². The summed E-state index contributed by atoms with van der Waals surface area (Å²) in [4.78, 5) is 12.4. The number of para-hydroxylation sites is 1. The third-order valence-corrected chi connectivity index (χ3v) is 5.80. The summed E-state index contributed by atoms with van der Waals surface area (Å²) in [5.41, 5.74) is 2.26. The molecule has 1 N–H and O–H groups in total. The van der Waals surface area contributed by atoms with Gasteiger partial charge in [-0.2, -0.15) is 0 Å². The first-order chi connectivity index (χ1) is 13.9. The van der Waals surface area contributed by atoms with E-state index < -0.39 is 0 Å². The number of carbonyl (C=O) groups excluding carboxylic acids is 1. The van der Waals surface area contributed by atoms with Crippen LogP contribution in [0.5, 0.6) is 5.75 Å². The summed E-state index contributed by atoms with van der Waals surface area (Å²) < 4.78 is 7.55. The van der Waals surface area contributed by atoms with Crippen molar-refractivity contribution in [3.63, 3.8) is 0 Å². The average Bonchev–Trinajstić information content (AvgIpc) is 3.06. The molecule has 0 fully saturated rings. The van der Waals surface area contributed by atoms with Crippen molar-refractivity contribution in [2.24, 2.45) is 7.05 Å². The van der Waals surface area contributed by atoms with Crippen LogP contribution in [-0.2, 0) is 25.0 Å². The van der Waals surface area contributed by atoms with E-state index in [1.54, 1.807) is 12.1 Å². The van der Waals surface area contributed by atoms with E-state index >= 15 is 0 Å².